The predicted molar refractivity (Wildman–Crippen MR) is 76.1 cm³/mol. The predicted octanol–water partition coefficient (Wildman–Crippen LogP) is 5.15. The Bertz CT molecular complexity index is 216. The van der Waals surface area contributed by atoms with Crippen LogP contribution in [0.3, 0.4) is 0 Å². The molecule has 0 aromatic heterocycles. The van der Waals surface area contributed by atoms with Gasteiger partial charge in [-0.2, -0.15) is 0 Å². The first-order valence-corrected chi connectivity index (χ1v) is 7.31. The molecule has 0 aromatic carbocycles. The van der Waals surface area contributed by atoms with Gasteiger partial charge in [-0.3, -0.25) is 4.79 Å². The Morgan fingerprint density at radius 1 is 1.06 bits per heavy atom. The van der Waals surface area contributed by atoms with Crippen LogP contribution in [0.4, 0.5) is 0 Å². The van der Waals surface area contributed by atoms with Gasteiger partial charge in [0.15, 0.2) is 5.78 Å². The molecule has 0 aliphatic heterocycles. The zero-order valence-corrected chi connectivity index (χ0v) is 12.2. The average Bonchev–Trinajstić information content (AvgIpc) is 2.25. The molecular formula is C16H30O. The highest BCUT2D eigenvalue weighted by atomic mass is 16.1. The van der Waals surface area contributed by atoms with Crippen molar-refractivity contribution in [3.63, 3.8) is 0 Å². The van der Waals surface area contributed by atoms with E-state index in [1.54, 1.807) is 0 Å². The number of rotatable bonds is 10. The van der Waals surface area contributed by atoms with Crippen LogP contribution >= 0.6 is 0 Å². The third kappa shape index (κ3) is 10.3. The molecule has 1 atom stereocenters. The molecule has 0 aliphatic rings. The Labute approximate surface area is 108 Å². The van der Waals surface area contributed by atoms with E-state index in [1.807, 2.05) is 6.08 Å². The summed E-state index contributed by atoms with van der Waals surface area (Å²) in [6.07, 6.45) is 12.2. The largest absolute Gasteiger partial charge is 0.295 e. The van der Waals surface area contributed by atoms with Gasteiger partial charge in [-0.25, -0.2) is 0 Å². The molecule has 0 aromatic rings. The first-order valence-electron chi connectivity index (χ1n) is 7.31. The standard InChI is InChI=1S/C16H30O/c1-5-7-8-10-15(9-6-2)11-12-16(17)13-14(3)4/h11-12,14-15H,5-10,13H2,1-4H3/b12-11+. The van der Waals surface area contributed by atoms with Gasteiger partial charge in [-0.05, 0) is 30.8 Å². The van der Waals surface area contributed by atoms with Crippen LogP contribution in [-0.4, -0.2) is 5.78 Å². The van der Waals surface area contributed by atoms with Crippen molar-refractivity contribution in [1.29, 1.82) is 0 Å². The summed E-state index contributed by atoms with van der Waals surface area (Å²) in [7, 11) is 0. The average molecular weight is 238 g/mol. The Morgan fingerprint density at radius 2 is 1.76 bits per heavy atom. The molecule has 0 amide bonds. The first-order chi connectivity index (χ1) is 8.10. The molecule has 0 saturated carbocycles. The zero-order chi connectivity index (χ0) is 13.1. The van der Waals surface area contributed by atoms with Crippen molar-refractivity contribution in [2.45, 2.75) is 72.6 Å². The monoisotopic (exact) mass is 238 g/mol. The van der Waals surface area contributed by atoms with E-state index in [1.165, 1.54) is 38.5 Å². The maximum atomic E-state index is 11.6. The highest BCUT2D eigenvalue weighted by molar-refractivity contribution is 5.89. The van der Waals surface area contributed by atoms with Gasteiger partial charge in [0.2, 0.25) is 0 Å². The molecule has 0 bridgehead atoms. The highest BCUT2D eigenvalue weighted by Crippen LogP contribution is 2.17. The molecule has 1 nitrogen and oxygen atoms in total. The fourth-order valence-electron chi connectivity index (χ4n) is 2.08. The zero-order valence-electron chi connectivity index (χ0n) is 12.2. The number of ketones is 1. The summed E-state index contributed by atoms with van der Waals surface area (Å²) in [6, 6.07) is 0. The second kappa shape index (κ2) is 10.6. The minimum atomic E-state index is 0.289. The summed E-state index contributed by atoms with van der Waals surface area (Å²) in [6.45, 7) is 8.64. The Kier molecular flexibility index (Phi) is 10.2. The smallest absolute Gasteiger partial charge is 0.155 e. The summed E-state index contributed by atoms with van der Waals surface area (Å²) < 4.78 is 0. The van der Waals surface area contributed by atoms with Gasteiger partial charge >= 0.3 is 0 Å². The van der Waals surface area contributed by atoms with Crippen LogP contribution in [0.2, 0.25) is 0 Å². The number of unbranched alkanes of at least 4 members (excludes halogenated alkanes) is 2. The number of hydrogen-bond donors (Lipinski definition) is 0. The van der Waals surface area contributed by atoms with E-state index in [4.69, 9.17) is 0 Å². The molecule has 0 aliphatic carbocycles. The first kappa shape index (κ1) is 16.4. The van der Waals surface area contributed by atoms with Gasteiger partial charge in [0.05, 0.1) is 0 Å². The van der Waals surface area contributed by atoms with Gasteiger partial charge in [-0.1, -0.05) is 59.5 Å². The molecule has 1 unspecified atom stereocenters. The normalized spacial score (nSPS) is 13.5. The van der Waals surface area contributed by atoms with Crippen molar-refractivity contribution < 1.29 is 4.79 Å². The van der Waals surface area contributed by atoms with Crippen molar-refractivity contribution in [3.05, 3.63) is 12.2 Å². The van der Waals surface area contributed by atoms with E-state index in [2.05, 4.69) is 33.8 Å². The third-order valence-electron chi connectivity index (χ3n) is 3.00. The van der Waals surface area contributed by atoms with Crippen molar-refractivity contribution >= 4 is 5.78 Å². The fourth-order valence-corrected chi connectivity index (χ4v) is 2.08. The van der Waals surface area contributed by atoms with Crippen molar-refractivity contribution in [1.82, 2.24) is 0 Å². The Balaban J connectivity index is 4.03. The molecule has 0 rings (SSSR count). The van der Waals surface area contributed by atoms with Crippen LogP contribution in [0.5, 0.6) is 0 Å². The van der Waals surface area contributed by atoms with Gasteiger partial charge in [0.1, 0.15) is 0 Å². The molecule has 0 N–H and O–H groups in total. The van der Waals surface area contributed by atoms with Crippen LogP contribution in [0, 0.1) is 11.8 Å². The third-order valence-corrected chi connectivity index (χ3v) is 3.00. The molecule has 100 valence electrons. The number of carbonyl (C=O) groups excluding carboxylic acids is 1. The van der Waals surface area contributed by atoms with Crippen LogP contribution in [0.15, 0.2) is 12.2 Å². The molecule has 0 radical (unpaired) electrons. The lowest BCUT2D eigenvalue weighted by atomic mass is 9.95. The van der Waals surface area contributed by atoms with E-state index in [0.29, 0.717) is 18.3 Å². The van der Waals surface area contributed by atoms with Crippen molar-refractivity contribution in [2.24, 2.45) is 11.8 Å². The van der Waals surface area contributed by atoms with Crippen LogP contribution in [-0.2, 0) is 4.79 Å². The topological polar surface area (TPSA) is 17.1 Å². The maximum absolute atomic E-state index is 11.6. The van der Waals surface area contributed by atoms with E-state index < -0.39 is 0 Å². The Morgan fingerprint density at radius 3 is 2.29 bits per heavy atom. The molecule has 0 saturated heterocycles. The fraction of sp³-hybridized carbons (Fsp3) is 0.812. The van der Waals surface area contributed by atoms with Crippen molar-refractivity contribution in [3.8, 4) is 0 Å². The second-order valence-electron chi connectivity index (χ2n) is 5.47. The molecular weight excluding hydrogens is 208 g/mol. The van der Waals surface area contributed by atoms with Gasteiger partial charge in [-0.15, -0.1) is 0 Å². The van der Waals surface area contributed by atoms with Crippen LogP contribution in [0.25, 0.3) is 0 Å². The van der Waals surface area contributed by atoms with Crippen LogP contribution in [0.1, 0.15) is 72.6 Å². The van der Waals surface area contributed by atoms with E-state index in [9.17, 15) is 4.79 Å². The summed E-state index contributed by atoms with van der Waals surface area (Å²) in [5.74, 6) is 1.37. The second-order valence-corrected chi connectivity index (χ2v) is 5.47. The SMILES string of the molecule is CCCCCC(/C=C/C(=O)CC(C)C)CCC. The quantitative estimate of drug-likeness (QED) is 0.380. The lowest BCUT2D eigenvalue weighted by Gasteiger charge is -2.11. The number of hydrogen-bond acceptors (Lipinski definition) is 1. The van der Waals surface area contributed by atoms with Gasteiger partial charge in [0, 0.05) is 6.42 Å². The molecule has 0 heterocycles. The maximum Gasteiger partial charge on any atom is 0.155 e. The van der Waals surface area contributed by atoms with Gasteiger partial charge in [0.25, 0.3) is 0 Å². The molecule has 0 spiro atoms. The van der Waals surface area contributed by atoms with E-state index in [0.717, 1.165) is 0 Å². The lowest BCUT2D eigenvalue weighted by molar-refractivity contribution is -0.115. The number of carbonyl (C=O) groups is 1. The summed E-state index contributed by atoms with van der Waals surface area (Å²) in [5, 5.41) is 0. The minimum absolute atomic E-state index is 0.289. The van der Waals surface area contributed by atoms with E-state index in [-0.39, 0.29) is 5.78 Å². The minimum Gasteiger partial charge on any atom is -0.295 e. The molecule has 0 fully saturated rings. The van der Waals surface area contributed by atoms with Gasteiger partial charge < -0.3 is 0 Å². The summed E-state index contributed by atoms with van der Waals surface area (Å²) >= 11 is 0. The lowest BCUT2D eigenvalue weighted by Crippen LogP contribution is -2.01. The Hall–Kier alpha value is -0.590. The molecule has 17 heavy (non-hydrogen) atoms. The number of allylic oxidation sites excluding steroid dienone is 2. The highest BCUT2D eigenvalue weighted by Gasteiger charge is 2.05. The molecule has 1 heteroatoms. The summed E-state index contributed by atoms with van der Waals surface area (Å²) in [4.78, 5) is 11.6. The van der Waals surface area contributed by atoms with Crippen molar-refractivity contribution in [2.75, 3.05) is 0 Å². The van der Waals surface area contributed by atoms with E-state index >= 15 is 0 Å². The van der Waals surface area contributed by atoms with Crippen LogP contribution < -0.4 is 0 Å². The summed E-state index contributed by atoms with van der Waals surface area (Å²) in [5.41, 5.74) is 0.